The molecule has 0 unspecified atom stereocenters. The van der Waals surface area contributed by atoms with Crippen molar-refractivity contribution >= 4 is 76.0 Å². The monoisotopic (exact) mass is 851 g/mol. The van der Waals surface area contributed by atoms with Crippen LogP contribution in [0.15, 0.2) is 0 Å². The number of halogens is 23. The summed E-state index contributed by atoms with van der Waals surface area (Å²) in [7, 11) is 0. The van der Waals surface area contributed by atoms with E-state index in [1.807, 2.05) is 0 Å². The lowest BCUT2D eigenvalue weighted by atomic mass is 10.4. The van der Waals surface area contributed by atoms with Gasteiger partial charge in [0.1, 0.15) is 6.42 Å². The Labute approximate surface area is 207 Å². The number of alkyl halides is 21. The fourth-order valence-corrected chi connectivity index (χ4v) is 0.574. The number of hydrogen-bond acceptors (Lipinski definition) is 0. The first kappa shape index (κ1) is 40.3. The van der Waals surface area contributed by atoms with Crippen molar-refractivity contribution in [2.75, 3.05) is 0 Å². The molecule has 0 saturated heterocycles. The molecule has 0 nitrogen and oxygen atoms in total. The molecule has 0 aromatic carbocycles. The zero-order valence-electron chi connectivity index (χ0n) is 13.5. The van der Waals surface area contributed by atoms with Crippen LogP contribution >= 0.6 is 76.0 Å². The third kappa shape index (κ3) is 20.5. The van der Waals surface area contributed by atoms with E-state index in [2.05, 4.69) is 28.3 Å². The van der Waals surface area contributed by atoms with Crippen LogP contribution in [0.25, 0.3) is 0 Å². The van der Waals surface area contributed by atoms with E-state index in [0.29, 0.717) is 0 Å². The van der Waals surface area contributed by atoms with Gasteiger partial charge in [-0.25, -0.2) is 0 Å². The second kappa shape index (κ2) is 14.0. The molecule has 0 fully saturated rings. The summed E-state index contributed by atoms with van der Waals surface area (Å²) >= 11 is 9.95. The van der Waals surface area contributed by atoms with E-state index in [1.54, 1.807) is 0 Å². The Hall–Kier alpha value is 1.14. The van der Waals surface area contributed by atoms with Crippen molar-refractivity contribution < 1.29 is 80.5 Å². The maximum Gasteiger partial charge on any atom is 0.422 e. The Morgan fingerprint density at radius 2 is 0.688 bits per heavy atom. The highest BCUT2D eigenvalue weighted by molar-refractivity contribution is 9.93. The maximum absolute atomic E-state index is 11.5. The molecule has 0 heterocycles. The van der Waals surface area contributed by atoms with Crippen molar-refractivity contribution in [3.8, 4) is 0 Å². The van der Waals surface area contributed by atoms with Crippen LogP contribution in [0.2, 0.25) is 0 Å². The number of hydrogen-bond donors (Lipinski definition) is 0. The van der Waals surface area contributed by atoms with E-state index in [9.17, 15) is 79.0 Å². The summed E-state index contributed by atoms with van der Waals surface area (Å²) in [6.45, 7) is 0. The van der Waals surface area contributed by atoms with Gasteiger partial charge in [-0.3, -0.25) is 0 Å². The Morgan fingerprint density at radius 1 is 0.500 bits per heavy atom. The van der Waals surface area contributed by atoms with Crippen LogP contribution in [0.5, 0.6) is 0 Å². The molecule has 0 amide bonds. The lowest BCUT2D eigenvalue weighted by Crippen LogP contribution is -2.46. The predicted molar refractivity (Wildman–Crippen MR) is 94.2 cm³/mol. The van der Waals surface area contributed by atoms with Crippen molar-refractivity contribution in [3.63, 3.8) is 0 Å². The molecule has 32 heavy (non-hydrogen) atoms. The second-order valence-corrected chi connectivity index (χ2v) is 8.78. The highest BCUT2D eigenvalue weighted by atomic mass is 80.9. The summed E-state index contributed by atoms with van der Waals surface area (Å²) in [4.78, 5) is -3.42. The lowest BCUT2D eigenvalue weighted by Gasteiger charge is -2.25. The van der Waals surface area contributed by atoms with Crippen LogP contribution < -0.4 is 0 Å². The standard InChI is InChI=1S/C3Br2F6.C3HBrF6.C3H2F6.Br2.H2/c4-1(5,2(6,7)8)3(9,10)11;4-1(2(5,6)7)3(8,9)10;4-2(5,6)1-3(7,8)9;1-2;/h;1H;1H2;;1H/i;;;;1+1. The molecule has 0 aliphatic rings. The molecular formula is C9H5Br5F18. The van der Waals surface area contributed by atoms with Crippen LogP contribution in [-0.2, 0) is 0 Å². The van der Waals surface area contributed by atoms with Crippen LogP contribution in [-0.4, -0.2) is 45.1 Å². The molecule has 0 aromatic heterocycles. The predicted octanol–water partition coefficient (Wildman–Crippen LogP) is 10.9. The zero-order valence-corrected chi connectivity index (χ0v) is 21.4. The molecule has 0 saturated carbocycles. The number of rotatable bonds is 0. The second-order valence-electron chi connectivity index (χ2n) is 4.42. The SMILES string of the molecule is BrBr.FC(F)(F)C(Br)(Br)C(F)(F)F.FC(F)(F)C(Br)C(F)(F)F.FC(F)(F)CC(F)(F)F.[2HH]. The molecule has 0 rings (SSSR count). The van der Waals surface area contributed by atoms with Gasteiger partial charge in [0.15, 0.2) is 0 Å². The van der Waals surface area contributed by atoms with Crippen LogP contribution in [0, 0.1) is 0 Å². The highest BCUT2D eigenvalue weighted by Gasteiger charge is 2.68. The van der Waals surface area contributed by atoms with E-state index < -0.39 is 51.5 Å². The largest absolute Gasteiger partial charge is 0.422 e. The smallest absolute Gasteiger partial charge is 0.171 e. The average Bonchev–Trinajstić information content (AvgIpc) is 2.41. The van der Waals surface area contributed by atoms with Crippen molar-refractivity contribution in [3.05, 3.63) is 0 Å². The van der Waals surface area contributed by atoms with Crippen molar-refractivity contribution in [1.29, 1.82) is 0 Å². The molecule has 0 aliphatic heterocycles. The van der Waals surface area contributed by atoms with Gasteiger partial charge in [0.2, 0.25) is 4.83 Å². The molecular weight excluding hydrogens is 850 g/mol. The first-order valence-corrected chi connectivity index (χ1v) is 12.1. The van der Waals surface area contributed by atoms with Gasteiger partial charge in [0, 0.05) is 29.7 Å². The summed E-state index contributed by atoms with van der Waals surface area (Å²) in [5.41, 5.74) is 0. The molecule has 202 valence electrons. The van der Waals surface area contributed by atoms with Crippen LogP contribution in [0.3, 0.4) is 0 Å². The van der Waals surface area contributed by atoms with Crippen molar-refractivity contribution in [1.82, 2.24) is 0 Å². The first-order valence-electron chi connectivity index (χ1n) is 5.93. The summed E-state index contributed by atoms with van der Waals surface area (Å²) < 4.78 is 197. The molecule has 0 radical (unpaired) electrons. The van der Waals surface area contributed by atoms with Crippen molar-refractivity contribution in [2.45, 2.75) is 51.5 Å². The minimum atomic E-state index is -5.41. The van der Waals surface area contributed by atoms with E-state index in [-0.39, 0.29) is 1.43 Å². The molecule has 0 aliphatic carbocycles. The molecule has 0 bridgehead atoms. The van der Waals surface area contributed by atoms with Gasteiger partial charge in [-0.1, -0.05) is 47.8 Å². The van der Waals surface area contributed by atoms with Crippen LogP contribution in [0.4, 0.5) is 79.0 Å². The van der Waals surface area contributed by atoms with Crippen molar-refractivity contribution in [2.24, 2.45) is 0 Å². The Balaban J connectivity index is -0.000000113. The van der Waals surface area contributed by atoms with Crippen LogP contribution in [0.1, 0.15) is 7.85 Å². The summed E-state index contributed by atoms with van der Waals surface area (Å²) in [5.74, 6) is 0. The topological polar surface area (TPSA) is 0 Å². The third-order valence-corrected chi connectivity index (χ3v) is 4.52. The maximum atomic E-state index is 11.5. The fraction of sp³-hybridized carbons (Fsp3) is 1.00. The molecule has 0 atom stereocenters. The summed E-state index contributed by atoms with van der Waals surface area (Å²) in [6, 6.07) is 0. The fourth-order valence-electron chi connectivity index (χ4n) is 0.574. The Bertz CT molecular complexity index is 456. The molecule has 23 heteroatoms. The van der Waals surface area contributed by atoms with E-state index in [1.165, 1.54) is 47.8 Å². The van der Waals surface area contributed by atoms with E-state index >= 15 is 0 Å². The minimum absolute atomic E-state index is 0. The highest BCUT2D eigenvalue weighted by Crippen LogP contribution is 2.53. The van der Waals surface area contributed by atoms with Gasteiger partial charge < -0.3 is 0 Å². The molecule has 0 spiro atoms. The van der Waals surface area contributed by atoms with Gasteiger partial charge in [-0.2, -0.15) is 79.0 Å². The van der Waals surface area contributed by atoms with E-state index in [0.717, 1.165) is 0 Å². The van der Waals surface area contributed by atoms with Gasteiger partial charge in [0.25, 0.3) is 3.23 Å². The third-order valence-electron chi connectivity index (χ3n) is 1.69. The normalized spacial score (nSPS) is 13.9. The first-order chi connectivity index (χ1) is 13.4. The summed E-state index contributed by atoms with van der Waals surface area (Å²) in [5, 5.41) is 0. The zero-order chi connectivity index (χ0) is 27.8. The Morgan fingerprint density at radius 3 is 0.688 bits per heavy atom. The lowest BCUT2D eigenvalue weighted by molar-refractivity contribution is -0.233. The van der Waals surface area contributed by atoms with Gasteiger partial charge in [0.05, 0.1) is 0 Å². The Kier molecular flexibility index (Phi) is 17.7. The minimum Gasteiger partial charge on any atom is -0.171 e. The van der Waals surface area contributed by atoms with Gasteiger partial charge in [-0.05, 0) is 0 Å². The summed E-state index contributed by atoms with van der Waals surface area (Å²) in [6.07, 6.45) is -34.3. The van der Waals surface area contributed by atoms with E-state index in [4.69, 9.17) is 0 Å². The van der Waals surface area contributed by atoms with Gasteiger partial charge >= 0.3 is 37.1 Å². The van der Waals surface area contributed by atoms with Gasteiger partial charge in [-0.15, -0.1) is 0 Å². The molecule has 0 aromatic rings. The average molecular weight is 856 g/mol. The molecule has 0 N–H and O–H groups in total. The quantitative estimate of drug-likeness (QED) is 0.168.